The van der Waals surface area contributed by atoms with Crippen molar-refractivity contribution in [3.8, 4) is 0 Å². The Labute approximate surface area is 84.3 Å². The summed E-state index contributed by atoms with van der Waals surface area (Å²) in [7, 11) is 1.95. The summed E-state index contributed by atoms with van der Waals surface area (Å²) in [4.78, 5) is 4.16. The summed E-state index contributed by atoms with van der Waals surface area (Å²) >= 11 is 0. The molecule has 1 fully saturated rings. The number of ether oxygens (including phenoxy) is 1. The second-order valence-electron chi connectivity index (χ2n) is 3.80. The molecule has 14 heavy (non-hydrogen) atoms. The van der Waals surface area contributed by atoms with Crippen molar-refractivity contribution in [3.63, 3.8) is 0 Å². The van der Waals surface area contributed by atoms with Gasteiger partial charge in [-0.15, -0.1) is 0 Å². The van der Waals surface area contributed by atoms with Crippen LogP contribution in [0.2, 0.25) is 0 Å². The number of hydrogen-bond acceptors (Lipinski definition) is 3. The molecular weight excluding hydrogens is 178 g/mol. The van der Waals surface area contributed by atoms with Gasteiger partial charge in [0, 0.05) is 31.8 Å². The Balaban J connectivity index is 1.96. The van der Waals surface area contributed by atoms with Crippen LogP contribution in [0.25, 0.3) is 0 Å². The molecule has 1 unspecified atom stereocenters. The summed E-state index contributed by atoms with van der Waals surface area (Å²) in [5.41, 5.74) is 1.25. The minimum atomic E-state index is 0.666. The third-order valence-electron chi connectivity index (χ3n) is 2.64. The van der Waals surface area contributed by atoms with Gasteiger partial charge >= 0.3 is 0 Å². The van der Waals surface area contributed by atoms with E-state index in [9.17, 15) is 0 Å². The molecular formula is C10H17N3O. The van der Waals surface area contributed by atoms with E-state index < -0.39 is 0 Å². The van der Waals surface area contributed by atoms with Crippen LogP contribution >= 0.6 is 0 Å². The molecule has 1 N–H and O–H groups in total. The molecule has 0 radical (unpaired) electrons. The molecule has 2 heterocycles. The zero-order chi connectivity index (χ0) is 9.80. The van der Waals surface area contributed by atoms with E-state index in [1.54, 1.807) is 0 Å². The maximum atomic E-state index is 5.36. The second-order valence-corrected chi connectivity index (χ2v) is 3.80. The topological polar surface area (TPSA) is 39.1 Å². The molecule has 1 atom stereocenters. The highest BCUT2D eigenvalue weighted by Gasteiger charge is 2.16. The highest BCUT2D eigenvalue weighted by Crippen LogP contribution is 2.15. The largest absolute Gasteiger partial charge is 0.381 e. The van der Waals surface area contributed by atoms with Crippen molar-refractivity contribution in [2.45, 2.75) is 19.5 Å². The van der Waals surface area contributed by atoms with E-state index in [4.69, 9.17) is 4.74 Å². The number of nitrogens with zero attached hydrogens (tertiary/aromatic N) is 2. The molecule has 0 aliphatic carbocycles. The molecule has 0 amide bonds. The number of aromatic nitrogens is 2. The van der Waals surface area contributed by atoms with Crippen molar-refractivity contribution < 1.29 is 4.74 Å². The first kappa shape index (κ1) is 9.68. The van der Waals surface area contributed by atoms with E-state index in [0.29, 0.717) is 5.92 Å². The SMILES string of the molecule is CNCc1cncn1CC1CCOC1. The molecule has 1 aliphatic rings. The van der Waals surface area contributed by atoms with Gasteiger partial charge in [0.2, 0.25) is 0 Å². The lowest BCUT2D eigenvalue weighted by atomic mass is 10.1. The number of imidazole rings is 1. The summed E-state index contributed by atoms with van der Waals surface area (Å²) in [6.07, 6.45) is 5.01. The highest BCUT2D eigenvalue weighted by molar-refractivity contribution is 4.98. The van der Waals surface area contributed by atoms with Crippen LogP contribution in [0, 0.1) is 5.92 Å². The van der Waals surface area contributed by atoms with Crippen molar-refractivity contribution in [3.05, 3.63) is 18.2 Å². The average Bonchev–Trinajstić information content (AvgIpc) is 2.80. The smallest absolute Gasteiger partial charge is 0.0948 e. The Kier molecular flexibility index (Phi) is 3.16. The Morgan fingerprint density at radius 1 is 1.71 bits per heavy atom. The molecule has 1 aliphatic heterocycles. The van der Waals surface area contributed by atoms with Gasteiger partial charge in [-0.05, 0) is 13.5 Å². The quantitative estimate of drug-likeness (QED) is 0.766. The molecule has 4 nitrogen and oxygen atoms in total. The average molecular weight is 195 g/mol. The number of hydrogen-bond donors (Lipinski definition) is 1. The van der Waals surface area contributed by atoms with E-state index in [1.165, 1.54) is 12.1 Å². The van der Waals surface area contributed by atoms with Crippen LogP contribution in [0.5, 0.6) is 0 Å². The standard InChI is InChI=1S/C10H17N3O/c1-11-4-10-5-12-8-13(10)6-9-2-3-14-7-9/h5,8-9,11H,2-4,6-7H2,1H3. The van der Waals surface area contributed by atoms with Crippen LogP contribution in [0.1, 0.15) is 12.1 Å². The van der Waals surface area contributed by atoms with Crippen molar-refractivity contribution >= 4 is 0 Å². The van der Waals surface area contributed by atoms with Gasteiger partial charge in [0.05, 0.1) is 18.6 Å². The van der Waals surface area contributed by atoms with Gasteiger partial charge in [0.25, 0.3) is 0 Å². The van der Waals surface area contributed by atoms with Crippen LogP contribution in [-0.4, -0.2) is 29.8 Å². The summed E-state index contributed by atoms with van der Waals surface area (Å²) in [5, 5.41) is 3.14. The normalized spacial score (nSPS) is 21.6. The first-order valence-electron chi connectivity index (χ1n) is 5.11. The Morgan fingerprint density at radius 2 is 2.64 bits per heavy atom. The second kappa shape index (κ2) is 4.57. The lowest BCUT2D eigenvalue weighted by Crippen LogP contribution is -2.15. The monoisotopic (exact) mass is 195 g/mol. The van der Waals surface area contributed by atoms with Gasteiger partial charge in [0.15, 0.2) is 0 Å². The van der Waals surface area contributed by atoms with E-state index >= 15 is 0 Å². The molecule has 2 rings (SSSR count). The van der Waals surface area contributed by atoms with Crippen molar-refractivity contribution in [2.24, 2.45) is 5.92 Å². The zero-order valence-corrected chi connectivity index (χ0v) is 8.57. The van der Waals surface area contributed by atoms with E-state index in [1.807, 2.05) is 19.6 Å². The van der Waals surface area contributed by atoms with E-state index in [-0.39, 0.29) is 0 Å². The molecule has 0 spiro atoms. The highest BCUT2D eigenvalue weighted by atomic mass is 16.5. The molecule has 1 saturated heterocycles. The predicted molar refractivity (Wildman–Crippen MR) is 53.9 cm³/mol. The van der Waals surface area contributed by atoms with E-state index in [2.05, 4.69) is 14.9 Å². The molecule has 0 bridgehead atoms. The maximum absolute atomic E-state index is 5.36. The summed E-state index contributed by atoms with van der Waals surface area (Å²) < 4.78 is 7.57. The van der Waals surface area contributed by atoms with E-state index in [0.717, 1.165) is 26.3 Å². The van der Waals surface area contributed by atoms with Crippen molar-refractivity contribution in [2.75, 3.05) is 20.3 Å². The summed E-state index contributed by atoms with van der Waals surface area (Å²) in [5.74, 6) is 0.666. The lowest BCUT2D eigenvalue weighted by Gasteiger charge is -2.11. The van der Waals surface area contributed by atoms with Gasteiger partial charge < -0.3 is 14.6 Å². The first-order chi connectivity index (χ1) is 6.90. The molecule has 4 heteroatoms. The lowest BCUT2D eigenvalue weighted by molar-refractivity contribution is 0.182. The third-order valence-corrected chi connectivity index (χ3v) is 2.64. The fourth-order valence-electron chi connectivity index (χ4n) is 1.85. The van der Waals surface area contributed by atoms with Gasteiger partial charge in [-0.2, -0.15) is 0 Å². The predicted octanol–water partition coefficient (Wildman–Crippen LogP) is 0.639. The Hall–Kier alpha value is -0.870. The molecule has 0 saturated carbocycles. The van der Waals surface area contributed by atoms with Gasteiger partial charge in [-0.3, -0.25) is 0 Å². The van der Waals surface area contributed by atoms with Gasteiger partial charge in [-0.25, -0.2) is 4.98 Å². The van der Waals surface area contributed by atoms with Crippen molar-refractivity contribution in [1.29, 1.82) is 0 Å². The minimum Gasteiger partial charge on any atom is -0.381 e. The van der Waals surface area contributed by atoms with Crippen LogP contribution < -0.4 is 5.32 Å². The summed E-state index contributed by atoms with van der Waals surface area (Å²) in [6, 6.07) is 0. The van der Waals surface area contributed by atoms with Crippen LogP contribution in [0.4, 0.5) is 0 Å². The van der Waals surface area contributed by atoms with Crippen molar-refractivity contribution in [1.82, 2.24) is 14.9 Å². The Bertz CT molecular complexity index is 279. The third kappa shape index (κ3) is 2.13. The van der Waals surface area contributed by atoms with Crippen LogP contribution in [-0.2, 0) is 17.8 Å². The summed E-state index contributed by atoms with van der Waals surface area (Å²) in [6.45, 7) is 3.74. The Morgan fingerprint density at radius 3 is 3.36 bits per heavy atom. The fraction of sp³-hybridized carbons (Fsp3) is 0.700. The fourth-order valence-corrected chi connectivity index (χ4v) is 1.85. The molecule has 0 aromatic carbocycles. The van der Waals surface area contributed by atoms with Crippen LogP contribution in [0.3, 0.4) is 0 Å². The molecule has 1 aromatic heterocycles. The molecule has 78 valence electrons. The number of rotatable bonds is 4. The zero-order valence-electron chi connectivity index (χ0n) is 8.57. The molecule has 1 aromatic rings. The van der Waals surface area contributed by atoms with Crippen LogP contribution in [0.15, 0.2) is 12.5 Å². The number of nitrogens with one attached hydrogen (secondary N) is 1. The minimum absolute atomic E-state index is 0.666. The van der Waals surface area contributed by atoms with Gasteiger partial charge in [-0.1, -0.05) is 0 Å². The maximum Gasteiger partial charge on any atom is 0.0948 e. The van der Waals surface area contributed by atoms with Gasteiger partial charge in [0.1, 0.15) is 0 Å². The first-order valence-corrected chi connectivity index (χ1v) is 5.11.